The van der Waals surface area contributed by atoms with Crippen LogP contribution < -0.4 is 15.4 Å². The van der Waals surface area contributed by atoms with Crippen molar-refractivity contribution in [1.82, 2.24) is 5.32 Å². The largest absolute Gasteiger partial charge is 0.496 e. The van der Waals surface area contributed by atoms with Gasteiger partial charge in [-0.3, -0.25) is 10.1 Å². The molecule has 0 aliphatic rings. The number of nitro groups is 1. The van der Waals surface area contributed by atoms with E-state index >= 15 is 0 Å². The Labute approximate surface area is 100 Å². The summed E-state index contributed by atoms with van der Waals surface area (Å²) >= 11 is 0. The first-order chi connectivity index (χ1) is 8.08. The van der Waals surface area contributed by atoms with Crippen molar-refractivity contribution in [2.45, 2.75) is 13.0 Å². The Hall–Kier alpha value is -1.82. The van der Waals surface area contributed by atoms with Crippen LogP contribution >= 0.6 is 0 Å². The monoisotopic (exact) mass is 239 g/mol. The second kappa shape index (κ2) is 6.05. The molecule has 0 aliphatic heterocycles. The van der Waals surface area contributed by atoms with Crippen LogP contribution in [0.25, 0.3) is 0 Å². The van der Waals surface area contributed by atoms with Crippen molar-refractivity contribution in [3.05, 3.63) is 28.3 Å². The van der Waals surface area contributed by atoms with Crippen LogP contribution in [0.4, 0.5) is 11.4 Å². The number of nitrogens with zero attached hydrogens (tertiary/aromatic N) is 1. The molecule has 0 aliphatic carbocycles. The maximum atomic E-state index is 10.9. The zero-order valence-corrected chi connectivity index (χ0v) is 10.2. The molecule has 0 saturated carbocycles. The average Bonchev–Trinajstić information content (AvgIpc) is 2.35. The van der Waals surface area contributed by atoms with Crippen molar-refractivity contribution in [2.75, 3.05) is 26.0 Å². The lowest BCUT2D eigenvalue weighted by Gasteiger charge is -2.13. The van der Waals surface area contributed by atoms with E-state index in [1.165, 1.54) is 13.2 Å². The minimum absolute atomic E-state index is 0.0210. The summed E-state index contributed by atoms with van der Waals surface area (Å²) in [6, 6.07) is 4.99. The Morgan fingerprint density at radius 2 is 2.24 bits per heavy atom. The number of anilines is 1. The third-order valence-electron chi connectivity index (χ3n) is 2.49. The topological polar surface area (TPSA) is 76.4 Å². The zero-order valence-electron chi connectivity index (χ0n) is 10.2. The summed E-state index contributed by atoms with van der Waals surface area (Å²) in [5, 5.41) is 17.0. The molecule has 1 unspecified atom stereocenters. The number of nitrogens with one attached hydrogen (secondary N) is 2. The predicted octanol–water partition coefficient (Wildman–Crippen LogP) is 1.62. The SMILES string of the molecule is CNC(C)CNc1ccc(OC)cc1[N+](=O)[O-]. The quantitative estimate of drug-likeness (QED) is 0.582. The minimum atomic E-state index is -0.422. The van der Waals surface area contributed by atoms with E-state index in [0.717, 1.165) is 0 Å². The Bertz CT molecular complexity index is 396. The lowest BCUT2D eigenvalue weighted by molar-refractivity contribution is -0.384. The van der Waals surface area contributed by atoms with Crippen LogP contribution in [0.5, 0.6) is 5.75 Å². The van der Waals surface area contributed by atoms with Crippen molar-refractivity contribution in [3.63, 3.8) is 0 Å². The maximum Gasteiger partial charge on any atom is 0.296 e. The molecule has 17 heavy (non-hydrogen) atoms. The molecule has 2 N–H and O–H groups in total. The van der Waals surface area contributed by atoms with Gasteiger partial charge in [0, 0.05) is 12.6 Å². The van der Waals surface area contributed by atoms with E-state index in [9.17, 15) is 10.1 Å². The molecular weight excluding hydrogens is 222 g/mol. The zero-order chi connectivity index (χ0) is 12.8. The second-order valence-electron chi connectivity index (χ2n) is 3.71. The van der Waals surface area contributed by atoms with Crippen LogP contribution in [0.1, 0.15) is 6.92 Å². The van der Waals surface area contributed by atoms with E-state index in [0.29, 0.717) is 18.0 Å². The highest BCUT2D eigenvalue weighted by molar-refractivity contribution is 5.63. The highest BCUT2D eigenvalue weighted by atomic mass is 16.6. The Kier molecular flexibility index (Phi) is 4.71. The molecule has 1 atom stereocenters. The van der Waals surface area contributed by atoms with Crippen molar-refractivity contribution < 1.29 is 9.66 Å². The predicted molar refractivity (Wildman–Crippen MR) is 66.7 cm³/mol. The first-order valence-electron chi connectivity index (χ1n) is 5.32. The lowest BCUT2D eigenvalue weighted by Crippen LogP contribution is -2.29. The number of hydrogen-bond acceptors (Lipinski definition) is 5. The van der Waals surface area contributed by atoms with Crippen LogP contribution in [-0.2, 0) is 0 Å². The van der Waals surface area contributed by atoms with E-state index in [1.807, 2.05) is 14.0 Å². The molecule has 6 heteroatoms. The summed E-state index contributed by atoms with van der Waals surface area (Å²) in [6.45, 7) is 2.60. The molecular formula is C11H17N3O3. The third kappa shape index (κ3) is 3.60. The van der Waals surface area contributed by atoms with Crippen LogP contribution in [0.2, 0.25) is 0 Å². The summed E-state index contributed by atoms with van der Waals surface area (Å²) < 4.78 is 4.96. The van der Waals surface area contributed by atoms with Crippen molar-refractivity contribution in [1.29, 1.82) is 0 Å². The van der Waals surface area contributed by atoms with Gasteiger partial charge < -0.3 is 15.4 Å². The summed E-state index contributed by atoms with van der Waals surface area (Å²) in [5.41, 5.74) is 0.519. The number of likely N-dealkylation sites (N-methyl/N-ethyl adjacent to an activating group) is 1. The molecule has 1 aromatic carbocycles. The van der Waals surface area contributed by atoms with Crippen molar-refractivity contribution in [2.24, 2.45) is 0 Å². The molecule has 94 valence electrons. The molecule has 1 rings (SSSR count). The number of methoxy groups -OCH3 is 1. The van der Waals surface area contributed by atoms with Gasteiger partial charge in [0.2, 0.25) is 0 Å². The van der Waals surface area contributed by atoms with Crippen molar-refractivity contribution in [3.8, 4) is 5.75 Å². The Balaban J connectivity index is 2.87. The van der Waals surface area contributed by atoms with Crippen molar-refractivity contribution >= 4 is 11.4 Å². The molecule has 0 saturated heterocycles. The van der Waals surface area contributed by atoms with Crippen LogP contribution in [0.15, 0.2) is 18.2 Å². The normalized spacial score (nSPS) is 11.9. The molecule has 0 amide bonds. The fourth-order valence-corrected chi connectivity index (χ4v) is 1.30. The molecule has 0 heterocycles. The fourth-order valence-electron chi connectivity index (χ4n) is 1.30. The lowest BCUT2D eigenvalue weighted by atomic mass is 10.2. The number of hydrogen-bond donors (Lipinski definition) is 2. The molecule has 0 spiro atoms. The molecule has 1 aromatic rings. The molecule has 0 radical (unpaired) electrons. The molecule has 0 aromatic heterocycles. The van der Waals surface area contributed by atoms with E-state index < -0.39 is 4.92 Å². The highest BCUT2D eigenvalue weighted by Gasteiger charge is 2.15. The van der Waals surface area contributed by atoms with Gasteiger partial charge in [-0.05, 0) is 26.1 Å². The number of ether oxygens (including phenoxy) is 1. The van der Waals surface area contributed by atoms with E-state index in [4.69, 9.17) is 4.74 Å². The first-order valence-corrected chi connectivity index (χ1v) is 5.32. The van der Waals surface area contributed by atoms with Crippen LogP contribution in [0, 0.1) is 10.1 Å². The van der Waals surface area contributed by atoms with E-state index in [1.54, 1.807) is 12.1 Å². The van der Waals surface area contributed by atoms with Gasteiger partial charge in [0.1, 0.15) is 11.4 Å². The highest BCUT2D eigenvalue weighted by Crippen LogP contribution is 2.28. The number of benzene rings is 1. The van der Waals surface area contributed by atoms with Gasteiger partial charge in [0.05, 0.1) is 18.1 Å². The first kappa shape index (κ1) is 13.2. The molecule has 0 fully saturated rings. The summed E-state index contributed by atoms with van der Waals surface area (Å²) in [4.78, 5) is 10.5. The van der Waals surface area contributed by atoms with Gasteiger partial charge >= 0.3 is 0 Å². The molecule has 6 nitrogen and oxygen atoms in total. The smallest absolute Gasteiger partial charge is 0.296 e. The van der Waals surface area contributed by atoms with Gasteiger partial charge in [-0.25, -0.2) is 0 Å². The van der Waals surface area contributed by atoms with E-state index in [-0.39, 0.29) is 11.7 Å². The van der Waals surface area contributed by atoms with Gasteiger partial charge in [-0.2, -0.15) is 0 Å². The number of nitro benzene ring substituents is 1. The Morgan fingerprint density at radius 3 is 2.76 bits per heavy atom. The second-order valence-corrected chi connectivity index (χ2v) is 3.71. The molecule has 0 bridgehead atoms. The van der Waals surface area contributed by atoms with Crippen LogP contribution in [-0.4, -0.2) is 31.7 Å². The standard InChI is InChI=1S/C11H17N3O3/c1-8(12-2)7-13-10-5-4-9(17-3)6-11(10)14(15)16/h4-6,8,12-13H,7H2,1-3H3. The summed E-state index contributed by atoms with van der Waals surface area (Å²) in [7, 11) is 3.32. The maximum absolute atomic E-state index is 10.9. The minimum Gasteiger partial charge on any atom is -0.496 e. The van der Waals surface area contributed by atoms with Crippen LogP contribution in [0.3, 0.4) is 0 Å². The Morgan fingerprint density at radius 1 is 1.53 bits per heavy atom. The van der Waals surface area contributed by atoms with Gasteiger partial charge in [-0.1, -0.05) is 0 Å². The van der Waals surface area contributed by atoms with Gasteiger partial charge in [-0.15, -0.1) is 0 Å². The number of rotatable bonds is 6. The summed E-state index contributed by atoms with van der Waals surface area (Å²) in [6.07, 6.45) is 0. The fraction of sp³-hybridized carbons (Fsp3) is 0.455. The van der Waals surface area contributed by atoms with E-state index in [2.05, 4.69) is 10.6 Å². The average molecular weight is 239 g/mol. The summed E-state index contributed by atoms with van der Waals surface area (Å²) in [5.74, 6) is 0.476. The third-order valence-corrected chi connectivity index (χ3v) is 2.49. The van der Waals surface area contributed by atoms with Gasteiger partial charge in [0.25, 0.3) is 5.69 Å². The van der Waals surface area contributed by atoms with Gasteiger partial charge in [0.15, 0.2) is 0 Å².